The van der Waals surface area contributed by atoms with Crippen LogP contribution in [0.1, 0.15) is 36.6 Å². The van der Waals surface area contributed by atoms with Crippen molar-refractivity contribution in [1.82, 2.24) is 10.1 Å². The van der Waals surface area contributed by atoms with Crippen LogP contribution in [0.5, 0.6) is 0 Å². The molecule has 2 heterocycles. The molecule has 0 aliphatic carbocycles. The fraction of sp³-hybridized carbons (Fsp3) is 0.300. The van der Waals surface area contributed by atoms with Gasteiger partial charge in [0, 0.05) is 19.1 Å². The van der Waals surface area contributed by atoms with E-state index in [0.29, 0.717) is 36.0 Å². The van der Waals surface area contributed by atoms with E-state index in [-0.39, 0.29) is 0 Å². The Morgan fingerprint density at radius 3 is 2.59 bits per heavy atom. The number of ether oxygens (including phenoxy) is 1. The molecule has 0 fully saturated rings. The van der Waals surface area contributed by atoms with Gasteiger partial charge in [0.1, 0.15) is 11.6 Å². The highest BCUT2D eigenvalue weighted by Crippen LogP contribution is 2.27. The first-order valence-electron chi connectivity index (χ1n) is 9.04. The number of anilines is 2. The minimum atomic E-state index is 0.334. The molecule has 0 bridgehead atoms. The molecule has 0 aliphatic rings. The van der Waals surface area contributed by atoms with E-state index in [2.05, 4.69) is 46.8 Å². The third-order valence-corrected chi connectivity index (χ3v) is 4.22. The molecule has 0 saturated carbocycles. The van der Waals surface area contributed by atoms with Gasteiger partial charge in [-0.2, -0.15) is 0 Å². The van der Waals surface area contributed by atoms with Gasteiger partial charge in [0.2, 0.25) is 0 Å². The SMILES string of the molecule is CCCCOCc1ccc(Cc2cc(-c3ccc(NN)nc3N)on2)cc1. The predicted molar refractivity (Wildman–Crippen MR) is 106 cm³/mol. The molecule has 7 nitrogen and oxygen atoms in total. The molecule has 0 radical (unpaired) electrons. The zero-order valence-corrected chi connectivity index (χ0v) is 15.4. The molecule has 142 valence electrons. The molecular formula is C20H25N5O2. The number of nitrogens with one attached hydrogen (secondary N) is 1. The highest BCUT2D eigenvalue weighted by Gasteiger charge is 2.12. The number of pyridine rings is 1. The Labute approximate surface area is 158 Å². The van der Waals surface area contributed by atoms with Gasteiger partial charge in [-0.3, -0.25) is 0 Å². The topological polar surface area (TPSA) is 112 Å². The summed E-state index contributed by atoms with van der Waals surface area (Å²) < 4.78 is 11.1. The van der Waals surface area contributed by atoms with Gasteiger partial charge in [-0.1, -0.05) is 42.8 Å². The molecule has 5 N–H and O–H groups in total. The normalized spacial score (nSPS) is 10.9. The molecule has 2 aromatic heterocycles. The summed E-state index contributed by atoms with van der Waals surface area (Å²) in [7, 11) is 0. The molecule has 1 aromatic carbocycles. The van der Waals surface area contributed by atoms with E-state index >= 15 is 0 Å². The summed E-state index contributed by atoms with van der Waals surface area (Å²) in [5.41, 5.74) is 12.3. The lowest BCUT2D eigenvalue weighted by Gasteiger charge is -2.04. The molecular weight excluding hydrogens is 342 g/mol. The molecule has 3 rings (SSSR count). The molecule has 0 saturated heterocycles. The Hall–Kier alpha value is -2.90. The summed E-state index contributed by atoms with van der Waals surface area (Å²) in [6, 6.07) is 13.8. The van der Waals surface area contributed by atoms with Gasteiger partial charge in [-0.05, 0) is 29.7 Å². The largest absolute Gasteiger partial charge is 0.383 e. The minimum absolute atomic E-state index is 0.334. The van der Waals surface area contributed by atoms with Gasteiger partial charge in [0.25, 0.3) is 0 Å². The minimum Gasteiger partial charge on any atom is -0.383 e. The van der Waals surface area contributed by atoms with Gasteiger partial charge < -0.3 is 20.4 Å². The number of nitrogens with two attached hydrogens (primary N) is 2. The summed E-state index contributed by atoms with van der Waals surface area (Å²) in [5.74, 6) is 6.75. The Bertz CT molecular complexity index is 861. The predicted octanol–water partition coefficient (Wildman–Crippen LogP) is 3.51. The number of hydrogen-bond donors (Lipinski definition) is 3. The van der Waals surface area contributed by atoms with Crippen LogP contribution >= 0.6 is 0 Å². The first-order valence-corrected chi connectivity index (χ1v) is 9.04. The maximum absolute atomic E-state index is 5.96. The smallest absolute Gasteiger partial charge is 0.170 e. The van der Waals surface area contributed by atoms with Crippen LogP contribution in [0.4, 0.5) is 11.6 Å². The monoisotopic (exact) mass is 367 g/mol. The fourth-order valence-corrected chi connectivity index (χ4v) is 2.68. The number of hydrogen-bond acceptors (Lipinski definition) is 7. The zero-order valence-electron chi connectivity index (χ0n) is 15.4. The highest BCUT2D eigenvalue weighted by molar-refractivity contribution is 5.71. The van der Waals surface area contributed by atoms with Crippen molar-refractivity contribution in [2.45, 2.75) is 32.8 Å². The first kappa shape index (κ1) is 18.9. The van der Waals surface area contributed by atoms with Gasteiger partial charge in [0.15, 0.2) is 5.76 Å². The van der Waals surface area contributed by atoms with Gasteiger partial charge in [-0.25, -0.2) is 10.8 Å². The summed E-state index contributed by atoms with van der Waals surface area (Å²) in [6.07, 6.45) is 2.92. The van der Waals surface area contributed by atoms with Crippen LogP contribution in [0.15, 0.2) is 47.0 Å². The Kier molecular flexibility index (Phi) is 6.40. The third-order valence-electron chi connectivity index (χ3n) is 4.22. The maximum atomic E-state index is 5.96. The van der Waals surface area contributed by atoms with Crippen LogP contribution in [0.2, 0.25) is 0 Å². The number of hydrazine groups is 1. The van der Waals surface area contributed by atoms with E-state index < -0.39 is 0 Å². The van der Waals surface area contributed by atoms with Crippen molar-refractivity contribution in [3.8, 4) is 11.3 Å². The number of unbranched alkanes of at least 4 members (excludes halogenated alkanes) is 1. The molecule has 0 unspecified atom stereocenters. The van der Waals surface area contributed by atoms with E-state index in [9.17, 15) is 0 Å². The number of nitrogen functional groups attached to an aromatic ring is 2. The Morgan fingerprint density at radius 2 is 1.89 bits per heavy atom. The molecule has 0 spiro atoms. The Morgan fingerprint density at radius 1 is 1.11 bits per heavy atom. The number of aromatic nitrogens is 2. The summed E-state index contributed by atoms with van der Waals surface area (Å²) in [4.78, 5) is 4.15. The van der Waals surface area contributed by atoms with Crippen molar-refractivity contribution in [2.24, 2.45) is 5.84 Å². The highest BCUT2D eigenvalue weighted by atomic mass is 16.5. The van der Waals surface area contributed by atoms with E-state index in [1.807, 2.05) is 6.07 Å². The van der Waals surface area contributed by atoms with Crippen molar-refractivity contribution in [3.05, 3.63) is 59.3 Å². The lowest BCUT2D eigenvalue weighted by atomic mass is 10.1. The zero-order chi connectivity index (χ0) is 19.1. The van der Waals surface area contributed by atoms with E-state index in [1.54, 1.807) is 12.1 Å². The van der Waals surface area contributed by atoms with Gasteiger partial charge >= 0.3 is 0 Å². The van der Waals surface area contributed by atoms with E-state index in [4.69, 9.17) is 20.8 Å². The second-order valence-electron chi connectivity index (χ2n) is 6.36. The van der Waals surface area contributed by atoms with Crippen LogP contribution in [0.3, 0.4) is 0 Å². The van der Waals surface area contributed by atoms with E-state index in [1.165, 1.54) is 5.56 Å². The van der Waals surface area contributed by atoms with Crippen molar-refractivity contribution in [2.75, 3.05) is 17.8 Å². The van der Waals surface area contributed by atoms with E-state index in [0.717, 1.165) is 30.7 Å². The van der Waals surface area contributed by atoms with Gasteiger partial charge in [-0.15, -0.1) is 0 Å². The second-order valence-corrected chi connectivity index (χ2v) is 6.36. The first-order chi connectivity index (χ1) is 13.2. The lowest BCUT2D eigenvalue weighted by molar-refractivity contribution is 0.118. The van der Waals surface area contributed by atoms with Crippen molar-refractivity contribution in [1.29, 1.82) is 0 Å². The van der Waals surface area contributed by atoms with Crippen LogP contribution < -0.4 is 17.0 Å². The quantitative estimate of drug-likeness (QED) is 0.301. The fourth-order valence-electron chi connectivity index (χ4n) is 2.68. The Balaban J connectivity index is 1.62. The summed E-state index contributed by atoms with van der Waals surface area (Å²) in [6.45, 7) is 3.61. The second kappa shape index (κ2) is 9.16. The van der Waals surface area contributed by atoms with Crippen molar-refractivity contribution in [3.63, 3.8) is 0 Å². The summed E-state index contributed by atoms with van der Waals surface area (Å²) in [5, 5.41) is 4.14. The maximum Gasteiger partial charge on any atom is 0.170 e. The molecule has 27 heavy (non-hydrogen) atoms. The van der Waals surface area contributed by atoms with Crippen molar-refractivity contribution < 1.29 is 9.26 Å². The molecule has 0 amide bonds. The van der Waals surface area contributed by atoms with Crippen LogP contribution in [-0.4, -0.2) is 16.7 Å². The van der Waals surface area contributed by atoms with Crippen LogP contribution in [-0.2, 0) is 17.8 Å². The number of rotatable bonds is 9. The molecule has 7 heteroatoms. The standard InChI is InChI=1S/C20H25N5O2/c1-2-3-10-26-13-15-6-4-14(5-7-15)11-16-12-18(27-25-16)17-8-9-19(24-22)23-20(17)21/h4-9,12H,2-3,10-11,13,22H2,1H3,(H3,21,23,24). The lowest BCUT2D eigenvalue weighted by Crippen LogP contribution is -2.09. The molecule has 0 atom stereocenters. The van der Waals surface area contributed by atoms with Gasteiger partial charge in [0.05, 0.1) is 17.9 Å². The van der Waals surface area contributed by atoms with Crippen molar-refractivity contribution >= 4 is 11.6 Å². The van der Waals surface area contributed by atoms with Crippen LogP contribution in [0, 0.1) is 0 Å². The van der Waals surface area contributed by atoms with Crippen LogP contribution in [0.25, 0.3) is 11.3 Å². The molecule has 3 aromatic rings. The molecule has 0 aliphatic heterocycles. The average molecular weight is 367 g/mol. The third kappa shape index (κ3) is 5.06. The number of nitrogens with zero attached hydrogens (tertiary/aromatic N) is 2. The average Bonchev–Trinajstić information content (AvgIpc) is 3.14. The summed E-state index contributed by atoms with van der Waals surface area (Å²) >= 11 is 0. The number of benzene rings is 1.